The van der Waals surface area contributed by atoms with Crippen LogP contribution in [0.2, 0.25) is 0 Å². The van der Waals surface area contributed by atoms with Crippen LogP contribution in [0.4, 0.5) is 0 Å². The second-order valence-corrected chi connectivity index (χ2v) is 4.38. The summed E-state index contributed by atoms with van der Waals surface area (Å²) >= 11 is 0. The molecule has 92 valence electrons. The molecule has 1 N–H and O–H groups in total. The molecule has 17 heavy (non-hydrogen) atoms. The van der Waals surface area contributed by atoms with Crippen molar-refractivity contribution in [2.24, 2.45) is 0 Å². The second kappa shape index (κ2) is 5.35. The maximum Gasteiger partial charge on any atom is 0.0950 e. The number of hydrogen-bond donors (Lipinski definition) is 1. The molecule has 0 spiro atoms. The standard InChI is InChI=1S/C13H19N3O/c1-3-4-5-6-15-7-8-16-12(10-15)9-13(14-16)11(2)17/h9,11,17H,3,6-8,10H2,1-2H3/t11-/m0/s1. The van der Waals surface area contributed by atoms with E-state index in [0.29, 0.717) is 0 Å². The van der Waals surface area contributed by atoms with Gasteiger partial charge < -0.3 is 5.11 Å². The highest BCUT2D eigenvalue weighted by Crippen LogP contribution is 2.17. The van der Waals surface area contributed by atoms with Crippen molar-refractivity contribution in [3.05, 3.63) is 17.5 Å². The van der Waals surface area contributed by atoms with Gasteiger partial charge >= 0.3 is 0 Å². The van der Waals surface area contributed by atoms with Gasteiger partial charge in [0.05, 0.1) is 30.6 Å². The lowest BCUT2D eigenvalue weighted by molar-refractivity contribution is 0.192. The Morgan fingerprint density at radius 3 is 3.00 bits per heavy atom. The molecule has 1 atom stereocenters. The summed E-state index contributed by atoms with van der Waals surface area (Å²) in [5.74, 6) is 6.25. The topological polar surface area (TPSA) is 41.3 Å². The van der Waals surface area contributed by atoms with E-state index in [1.807, 2.05) is 10.7 Å². The van der Waals surface area contributed by atoms with E-state index in [-0.39, 0.29) is 0 Å². The van der Waals surface area contributed by atoms with Crippen LogP contribution in [0.5, 0.6) is 0 Å². The molecule has 0 radical (unpaired) electrons. The van der Waals surface area contributed by atoms with Gasteiger partial charge in [0.25, 0.3) is 0 Å². The zero-order chi connectivity index (χ0) is 12.3. The molecular weight excluding hydrogens is 214 g/mol. The number of aliphatic hydroxyl groups is 1. The van der Waals surface area contributed by atoms with Crippen LogP contribution in [-0.4, -0.2) is 32.9 Å². The molecule has 1 aromatic heterocycles. The predicted octanol–water partition coefficient (Wildman–Crippen LogP) is 1.17. The Kier molecular flexibility index (Phi) is 3.82. The van der Waals surface area contributed by atoms with Crippen molar-refractivity contribution < 1.29 is 5.11 Å². The SMILES string of the molecule is CCC#CCN1CCn2nc([C@H](C)O)cc2C1. The first-order chi connectivity index (χ1) is 8.20. The van der Waals surface area contributed by atoms with Gasteiger partial charge in [-0.2, -0.15) is 5.10 Å². The van der Waals surface area contributed by atoms with Gasteiger partial charge in [0.1, 0.15) is 0 Å². The van der Waals surface area contributed by atoms with Crippen LogP contribution in [0, 0.1) is 11.8 Å². The van der Waals surface area contributed by atoms with Gasteiger partial charge in [-0.1, -0.05) is 12.8 Å². The van der Waals surface area contributed by atoms with E-state index < -0.39 is 6.10 Å². The van der Waals surface area contributed by atoms with Gasteiger partial charge in [-0.15, -0.1) is 5.92 Å². The van der Waals surface area contributed by atoms with E-state index in [4.69, 9.17) is 0 Å². The fourth-order valence-corrected chi connectivity index (χ4v) is 1.97. The average Bonchev–Trinajstić information content (AvgIpc) is 2.72. The van der Waals surface area contributed by atoms with Gasteiger partial charge in [-0.25, -0.2) is 0 Å². The number of fused-ring (bicyclic) bond motifs is 1. The lowest BCUT2D eigenvalue weighted by Gasteiger charge is -2.25. The number of rotatable bonds is 2. The Hall–Kier alpha value is -1.31. The van der Waals surface area contributed by atoms with Gasteiger partial charge in [-0.05, 0) is 13.0 Å². The molecule has 4 heteroatoms. The van der Waals surface area contributed by atoms with Crippen LogP contribution >= 0.6 is 0 Å². The summed E-state index contributed by atoms with van der Waals surface area (Å²) in [6, 6.07) is 1.99. The Morgan fingerprint density at radius 2 is 2.29 bits per heavy atom. The summed E-state index contributed by atoms with van der Waals surface area (Å²) in [5.41, 5.74) is 1.94. The lowest BCUT2D eigenvalue weighted by Crippen LogP contribution is -2.34. The van der Waals surface area contributed by atoms with Crippen molar-refractivity contribution in [2.75, 3.05) is 13.1 Å². The molecule has 4 nitrogen and oxygen atoms in total. The Morgan fingerprint density at radius 1 is 1.47 bits per heavy atom. The molecule has 0 aromatic carbocycles. The van der Waals surface area contributed by atoms with Gasteiger partial charge in [0.2, 0.25) is 0 Å². The molecule has 0 saturated heterocycles. The monoisotopic (exact) mass is 233 g/mol. The maximum absolute atomic E-state index is 9.50. The van der Waals surface area contributed by atoms with Crippen molar-refractivity contribution in [3.8, 4) is 11.8 Å². The van der Waals surface area contributed by atoms with Gasteiger partial charge in [0, 0.05) is 19.5 Å². The molecule has 0 aliphatic carbocycles. The Bertz CT molecular complexity index is 439. The summed E-state index contributed by atoms with van der Waals surface area (Å²) in [7, 11) is 0. The predicted molar refractivity (Wildman–Crippen MR) is 66.2 cm³/mol. The molecular formula is C13H19N3O. The van der Waals surface area contributed by atoms with Crippen molar-refractivity contribution in [2.45, 2.75) is 39.5 Å². The van der Waals surface area contributed by atoms with Gasteiger partial charge in [0.15, 0.2) is 0 Å². The third-order valence-electron chi connectivity index (χ3n) is 2.93. The number of aromatic nitrogens is 2. The van der Waals surface area contributed by atoms with Crippen molar-refractivity contribution in [3.63, 3.8) is 0 Å². The van der Waals surface area contributed by atoms with E-state index in [1.165, 1.54) is 5.69 Å². The highest BCUT2D eigenvalue weighted by Gasteiger charge is 2.18. The Balaban J connectivity index is 2.03. The summed E-state index contributed by atoms with van der Waals surface area (Å²) < 4.78 is 1.99. The molecule has 0 amide bonds. The normalized spacial score (nSPS) is 17.1. The first-order valence-corrected chi connectivity index (χ1v) is 6.13. The third-order valence-corrected chi connectivity index (χ3v) is 2.93. The Labute approximate surface area is 102 Å². The second-order valence-electron chi connectivity index (χ2n) is 4.38. The summed E-state index contributed by atoms with van der Waals surface area (Å²) in [6.07, 6.45) is 0.430. The highest BCUT2D eigenvalue weighted by molar-refractivity contribution is 5.14. The zero-order valence-corrected chi connectivity index (χ0v) is 10.5. The minimum Gasteiger partial charge on any atom is -0.387 e. The molecule has 0 saturated carbocycles. The first kappa shape index (κ1) is 12.2. The molecule has 1 aromatic rings. The molecule has 1 aliphatic rings. The van der Waals surface area contributed by atoms with Crippen LogP contribution in [0.3, 0.4) is 0 Å². The lowest BCUT2D eigenvalue weighted by atomic mass is 10.2. The van der Waals surface area contributed by atoms with E-state index in [0.717, 1.165) is 38.3 Å². The molecule has 0 bridgehead atoms. The van der Waals surface area contributed by atoms with Crippen molar-refractivity contribution in [1.82, 2.24) is 14.7 Å². The fraction of sp³-hybridized carbons (Fsp3) is 0.615. The van der Waals surface area contributed by atoms with Crippen molar-refractivity contribution in [1.29, 1.82) is 0 Å². The molecule has 0 unspecified atom stereocenters. The highest BCUT2D eigenvalue weighted by atomic mass is 16.3. The van der Waals surface area contributed by atoms with E-state index in [9.17, 15) is 5.11 Å². The number of aliphatic hydroxyl groups excluding tert-OH is 1. The minimum atomic E-state index is -0.485. The average molecular weight is 233 g/mol. The quantitative estimate of drug-likeness (QED) is 0.780. The number of nitrogens with zero attached hydrogens (tertiary/aromatic N) is 3. The van der Waals surface area contributed by atoms with Crippen LogP contribution < -0.4 is 0 Å². The largest absolute Gasteiger partial charge is 0.387 e. The fourth-order valence-electron chi connectivity index (χ4n) is 1.97. The zero-order valence-electron chi connectivity index (χ0n) is 10.5. The molecule has 2 heterocycles. The summed E-state index contributed by atoms with van der Waals surface area (Å²) in [6.45, 7) is 7.37. The van der Waals surface area contributed by atoms with E-state index in [1.54, 1.807) is 6.92 Å². The van der Waals surface area contributed by atoms with Crippen LogP contribution in [-0.2, 0) is 13.1 Å². The third kappa shape index (κ3) is 2.87. The van der Waals surface area contributed by atoms with E-state index in [2.05, 4.69) is 28.8 Å². The summed E-state index contributed by atoms with van der Waals surface area (Å²) in [4.78, 5) is 2.31. The van der Waals surface area contributed by atoms with E-state index >= 15 is 0 Å². The summed E-state index contributed by atoms with van der Waals surface area (Å²) in [5, 5.41) is 13.9. The molecule has 0 fully saturated rings. The minimum absolute atomic E-state index is 0.485. The maximum atomic E-state index is 9.50. The van der Waals surface area contributed by atoms with Crippen LogP contribution in [0.25, 0.3) is 0 Å². The van der Waals surface area contributed by atoms with Crippen LogP contribution in [0.15, 0.2) is 6.07 Å². The molecule has 1 aliphatic heterocycles. The number of hydrogen-bond acceptors (Lipinski definition) is 3. The molecule has 2 rings (SSSR count). The van der Waals surface area contributed by atoms with Crippen molar-refractivity contribution >= 4 is 0 Å². The smallest absolute Gasteiger partial charge is 0.0950 e. The van der Waals surface area contributed by atoms with Crippen LogP contribution in [0.1, 0.15) is 37.8 Å². The van der Waals surface area contributed by atoms with Gasteiger partial charge in [-0.3, -0.25) is 9.58 Å². The first-order valence-electron chi connectivity index (χ1n) is 6.13.